The maximum atomic E-state index is 12.4. The van der Waals surface area contributed by atoms with Crippen molar-refractivity contribution in [3.63, 3.8) is 0 Å². The van der Waals surface area contributed by atoms with Gasteiger partial charge < -0.3 is 5.32 Å². The Balaban J connectivity index is 1.75. The first-order chi connectivity index (χ1) is 11.1. The van der Waals surface area contributed by atoms with E-state index in [0.29, 0.717) is 23.5 Å². The van der Waals surface area contributed by atoms with Gasteiger partial charge in [0, 0.05) is 30.1 Å². The van der Waals surface area contributed by atoms with Gasteiger partial charge in [-0.15, -0.1) is 0 Å². The molecule has 2 heterocycles. The molecule has 0 saturated carbocycles. The molecule has 1 fully saturated rings. The van der Waals surface area contributed by atoms with E-state index in [1.807, 2.05) is 0 Å². The highest BCUT2D eigenvalue weighted by Gasteiger charge is 2.24. The summed E-state index contributed by atoms with van der Waals surface area (Å²) in [4.78, 5) is 25.1. The SMILES string of the molecule is CCN1CCC[C@H]1CNC(=O)c1n[nH]c2ccc([N+](=O)[O-])cc12. The first kappa shape index (κ1) is 15.4. The number of benzene rings is 1. The van der Waals surface area contributed by atoms with Gasteiger partial charge in [0.25, 0.3) is 11.6 Å². The molecule has 0 spiro atoms. The van der Waals surface area contributed by atoms with Crippen molar-refractivity contribution in [2.45, 2.75) is 25.8 Å². The molecule has 0 aliphatic carbocycles. The Kier molecular flexibility index (Phi) is 4.24. The number of likely N-dealkylation sites (tertiary alicyclic amines) is 1. The van der Waals surface area contributed by atoms with Gasteiger partial charge in [-0.3, -0.25) is 24.9 Å². The summed E-state index contributed by atoms with van der Waals surface area (Å²) in [6.45, 7) is 4.71. The minimum Gasteiger partial charge on any atom is -0.349 e. The van der Waals surface area contributed by atoms with Crippen molar-refractivity contribution in [3.05, 3.63) is 34.0 Å². The molecule has 1 aromatic heterocycles. The molecule has 122 valence electrons. The monoisotopic (exact) mass is 317 g/mol. The van der Waals surface area contributed by atoms with E-state index in [4.69, 9.17) is 0 Å². The third kappa shape index (κ3) is 3.02. The second kappa shape index (κ2) is 6.33. The highest BCUT2D eigenvalue weighted by molar-refractivity contribution is 6.05. The number of amides is 1. The van der Waals surface area contributed by atoms with E-state index in [1.165, 1.54) is 12.1 Å². The van der Waals surface area contributed by atoms with Crippen LogP contribution in [0.5, 0.6) is 0 Å². The van der Waals surface area contributed by atoms with Crippen molar-refractivity contribution in [2.75, 3.05) is 19.6 Å². The Labute approximate surface area is 133 Å². The Morgan fingerprint density at radius 2 is 2.39 bits per heavy atom. The summed E-state index contributed by atoms with van der Waals surface area (Å²) in [7, 11) is 0. The molecular weight excluding hydrogens is 298 g/mol. The number of hydrogen-bond donors (Lipinski definition) is 2. The highest BCUT2D eigenvalue weighted by Crippen LogP contribution is 2.22. The van der Waals surface area contributed by atoms with Gasteiger partial charge in [-0.2, -0.15) is 5.10 Å². The van der Waals surface area contributed by atoms with Gasteiger partial charge >= 0.3 is 0 Å². The van der Waals surface area contributed by atoms with Crippen molar-refractivity contribution in [3.8, 4) is 0 Å². The number of carbonyl (C=O) groups excluding carboxylic acids is 1. The second-order valence-corrected chi connectivity index (χ2v) is 5.69. The average molecular weight is 317 g/mol. The summed E-state index contributed by atoms with van der Waals surface area (Å²) in [5, 5.41) is 21.0. The smallest absolute Gasteiger partial charge is 0.272 e. The van der Waals surface area contributed by atoms with E-state index in [1.54, 1.807) is 6.07 Å². The van der Waals surface area contributed by atoms with Crippen LogP contribution in [0.1, 0.15) is 30.3 Å². The van der Waals surface area contributed by atoms with Gasteiger partial charge in [0.15, 0.2) is 5.69 Å². The van der Waals surface area contributed by atoms with Gasteiger partial charge in [0.2, 0.25) is 0 Å². The molecule has 8 heteroatoms. The molecule has 23 heavy (non-hydrogen) atoms. The summed E-state index contributed by atoms with van der Waals surface area (Å²) in [6, 6.07) is 4.68. The van der Waals surface area contributed by atoms with Gasteiger partial charge in [-0.1, -0.05) is 6.92 Å². The number of carbonyl (C=O) groups is 1. The maximum Gasteiger partial charge on any atom is 0.272 e. The normalized spacial score (nSPS) is 18.4. The van der Waals surface area contributed by atoms with Crippen LogP contribution in [0.3, 0.4) is 0 Å². The predicted molar refractivity (Wildman–Crippen MR) is 85.4 cm³/mol. The molecule has 2 aromatic rings. The standard InChI is InChI=1S/C15H19N5O3/c1-2-19-7-3-4-11(19)9-16-15(21)14-12-8-10(20(22)23)5-6-13(12)17-18-14/h5-6,8,11H,2-4,7,9H2,1H3,(H,16,21)(H,17,18)/t11-/m0/s1. The number of aromatic nitrogens is 2. The fourth-order valence-electron chi connectivity index (χ4n) is 3.13. The quantitative estimate of drug-likeness (QED) is 0.645. The van der Waals surface area contributed by atoms with E-state index in [9.17, 15) is 14.9 Å². The van der Waals surface area contributed by atoms with Crippen molar-refractivity contribution in [1.29, 1.82) is 0 Å². The number of likely N-dealkylation sites (N-methyl/N-ethyl adjacent to an activating group) is 1. The van der Waals surface area contributed by atoms with Crippen LogP contribution in [0.4, 0.5) is 5.69 Å². The fraction of sp³-hybridized carbons (Fsp3) is 0.467. The lowest BCUT2D eigenvalue weighted by molar-refractivity contribution is -0.384. The molecular formula is C15H19N5O3. The van der Waals surface area contributed by atoms with E-state index in [-0.39, 0.29) is 17.3 Å². The first-order valence-corrected chi connectivity index (χ1v) is 7.75. The molecule has 3 rings (SSSR count). The fourth-order valence-corrected chi connectivity index (χ4v) is 3.13. The first-order valence-electron chi connectivity index (χ1n) is 7.75. The van der Waals surface area contributed by atoms with Crippen LogP contribution in [0, 0.1) is 10.1 Å². The zero-order valence-corrected chi connectivity index (χ0v) is 12.9. The van der Waals surface area contributed by atoms with Gasteiger partial charge in [0.05, 0.1) is 10.4 Å². The third-order valence-electron chi connectivity index (χ3n) is 4.38. The maximum absolute atomic E-state index is 12.4. The lowest BCUT2D eigenvalue weighted by Crippen LogP contribution is -2.40. The topological polar surface area (TPSA) is 104 Å². The van der Waals surface area contributed by atoms with Gasteiger partial charge in [-0.05, 0) is 32.0 Å². The van der Waals surface area contributed by atoms with Crippen LogP contribution in [-0.4, -0.2) is 51.6 Å². The van der Waals surface area contributed by atoms with E-state index < -0.39 is 4.92 Å². The van der Waals surface area contributed by atoms with E-state index in [2.05, 4.69) is 27.3 Å². The third-order valence-corrected chi connectivity index (χ3v) is 4.38. The zero-order valence-electron chi connectivity index (χ0n) is 12.9. The number of nitrogens with zero attached hydrogens (tertiary/aromatic N) is 3. The number of hydrogen-bond acceptors (Lipinski definition) is 5. The van der Waals surface area contributed by atoms with Crippen molar-refractivity contribution >= 4 is 22.5 Å². The van der Waals surface area contributed by atoms with Crippen LogP contribution < -0.4 is 5.32 Å². The summed E-state index contributed by atoms with van der Waals surface area (Å²) in [5.41, 5.74) is 0.752. The number of rotatable bonds is 5. The van der Waals surface area contributed by atoms with Crippen LogP contribution in [0.25, 0.3) is 10.9 Å². The molecule has 1 aliphatic rings. The molecule has 1 atom stereocenters. The largest absolute Gasteiger partial charge is 0.349 e. The number of fused-ring (bicyclic) bond motifs is 1. The number of aromatic amines is 1. The Morgan fingerprint density at radius 1 is 1.57 bits per heavy atom. The van der Waals surface area contributed by atoms with Crippen molar-refractivity contribution in [1.82, 2.24) is 20.4 Å². The lowest BCUT2D eigenvalue weighted by Gasteiger charge is -2.22. The van der Waals surface area contributed by atoms with E-state index >= 15 is 0 Å². The van der Waals surface area contributed by atoms with Crippen LogP contribution in [0.15, 0.2) is 18.2 Å². The summed E-state index contributed by atoms with van der Waals surface area (Å²) in [6.07, 6.45) is 2.22. The van der Waals surface area contributed by atoms with Crippen molar-refractivity contribution in [2.24, 2.45) is 0 Å². The minimum absolute atomic E-state index is 0.0547. The number of H-pyrrole nitrogens is 1. The molecule has 1 amide bonds. The Hall–Kier alpha value is -2.48. The lowest BCUT2D eigenvalue weighted by atomic mass is 10.1. The predicted octanol–water partition coefficient (Wildman–Crippen LogP) is 1.69. The molecule has 0 radical (unpaired) electrons. The number of non-ortho nitro benzene ring substituents is 1. The molecule has 1 saturated heterocycles. The zero-order chi connectivity index (χ0) is 16.4. The number of nitro groups is 1. The van der Waals surface area contributed by atoms with Gasteiger partial charge in [-0.25, -0.2) is 0 Å². The average Bonchev–Trinajstić information content (AvgIpc) is 3.18. The minimum atomic E-state index is -0.480. The number of nitrogens with one attached hydrogen (secondary N) is 2. The van der Waals surface area contributed by atoms with E-state index in [0.717, 1.165) is 25.9 Å². The summed E-state index contributed by atoms with van der Waals surface area (Å²) < 4.78 is 0. The highest BCUT2D eigenvalue weighted by atomic mass is 16.6. The molecule has 8 nitrogen and oxygen atoms in total. The van der Waals surface area contributed by atoms with Gasteiger partial charge in [0.1, 0.15) is 0 Å². The van der Waals surface area contributed by atoms with Crippen LogP contribution in [-0.2, 0) is 0 Å². The molecule has 0 bridgehead atoms. The Morgan fingerprint density at radius 3 is 3.13 bits per heavy atom. The second-order valence-electron chi connectivity index (χ2n) is 5.69. The molecule has 1 aliphatic heterocycles. The number of nitro benzene ring substituents is 1. The summed E-state index contributed by atoms with van der Waals surface area (Å²) in [5.74, 6) is -0.306. The summed E-state index contributed by atoms with van der Waals surface area (Å²) >= 11 is 0. The molecule has 0 unspecified atom stereocenters. The molecule has 1 aromatic carbocycles. The Bertz CT molecular complexity index is 742. The molecule has 2 N–H and O–H groups in total. The van der Waals surface area contributed by atoms with Crippen molar-refractivity contribution < 1.29 is 9.72 Å². The van der Waals surface area contributed by atoms with Crippen LogP contribution >= 0.6 is 0 Å². The van der Waals surface area contributed by atoms with Crippen LogP contribution in [0.2, 0.25) is 0 Å².